The van der Waals surface area contributed by atoms with Crippen LogP contribution in [0.25, 0.3) is 54.8 Å². The zero-order valence-corrected chi connectivity index (χ0v) is 60.8. The molecule has 0 aliphatic heterocycles. The van der Waals surface area contributed by atoms with Crippen molar-refractivity contribution in [3.8, 4) is 0 Å². The Morgan fingerprint density at radius 2 is 0.512 bits per heavy atom. The molecule has 9 nitrogen and oxygen atoms in total. The fraction of sp³-hybridized carbons (Fsp3) is 0.532. The van der Waals surface area contributed by atoms with E-state index in [2.05, 4.69) is 289 Å². The largest absolute Gasteiger partial charge is 0.358 e. The molecular weight excluding hydrogens is 1050 g/mol. The molecule has 5 N–H and O–H groups in total. The Bertz CT molecular complexity index is 4210. The van der Waals surface area contributed by atoms with Crippen LogP contribution >= 0.6 is 0 Å². The summed E-state index contributed by atoms with van der Waals surface area (Å²) in [6, 6.07) is 0. The van der Waals surface area contributed by atoms with Crippen LogP contribution in [-0.4, -0.2) is 44.9 Å². The van der Waals surface area contributed by atoms with Gasteiger partial charge in [-0.25, -0.2) is 4.98 Å². The van der Waals surface area contributed by atoms with Gasteiger partial charge in [0.15, 0.2) is 0 Å². The Hall–Kier alpha value is -6.48. The smallest absolute Gasteiger partial charge is 0.138 e. The number of aryl methyl sites for hydroxylation is 17. The van der Waals surface area contributed by atoms with E-state index < -0.39 is 0 Å². The van der Waals surface area contributed by atoms with Gasteiger partial charge in [-0.15, -0.1) is 0 Å². The number of aromatic nitrogens is 9. The fourth-order valence-corrected chi connectivity index (χ4v) is 14.0. The summed E-state index contributed by atoms with van der Waals surface area (Å²) in [7, 11) is 0. The molecule has 10 aromatic rings. The van der Waals surface area contributed by atoms with E-state index in [1.807, 2.05) is 0 Å². The topological polar surface area (TPSA) is 131 Å². The van der Waals surface area contributed by atoms with Crippen LogP contribution in [-0.2, 0) is 27.1 Å². The third-order valence-corrected chi connectivity index (χ3v) is 18.8. The van der Waals surface area contributed by atoms with Gasteiger partial charge in [-0.2, -0.15) is 0 Å². The van der Waals surface area contributed by atoms with E-state index >= 15 is 0 Å². The molecule has 0 radical (unpaired) electrons. The van der Waals surface area contributed by atoms with Crippen molar-refractivity contribution in [1.29, 1.82) is 0 Å². The summed E-state index contributed by atoms with van der Waals surface area (Å²) in [6.45, 7) is 79.3. The van der Waals surface area contributed by atoms with Crippen LogP contribution in [0.15, 0.2) is 0 Å². The average Bonchev–Trinajstić information content (AvgIpc) is 1.69. The molecule has 0 aliphatic rings. The van der Waals surface area contributed by atoms with Crippen molar-refractivity contribution in [2.45, 2.75) is 276 Å². The van der Waals surface area contributed by atoms with Crippen LogP contribution in [0.2, 0.25) is 0 Å². The summed E-state index contributed by atoms with van der Waals surface area (Å²) >= 11 is 0. The molecular formula is C77H113N9. The zero-order valence-electron chi connectivity index (χ0n) is 60.8. The fourth-order valence-electron chi connectivity index (χ4n) is 14.0. The summed E-state index contributed by atoms with van der Waals surface area (Å²) < 4.78 is 0. The molecule has 466 valence electrons. The molecule has 0 aliphatic carbocycles. The van der Waals surface area contributed by atoms with Gasteiger partial charge >= 0.3 is 0 Å². The molecule has 9 aromatic heterocycles. The molecule has 10 rings (SSSR count). The summed E-state index contributed by atoms with van der Waals surface area (Å²) in [4.78, 5) is 36.3. The van der Waals surface area contributed by atoms with Gasteiger partial charge in [-0.3, -0.25) is 15.0 Å². The maximum atomic E-state index is 4.79. The number of hydrogen-bond donors (Lipinski definition) is 5. The number of benzene rings is 1. The normalized spacial score (nSPS) is 12.4. The third-order valence-electron chi connectivity index (χ3n) is 18.8. The number of pyridine rings is 4. The molecule has 9 heteroatoms. The quantitative estimate of drug-likeness (QED) is 0.104. The first-order valence-electron chi connectivity index (χ1n) is 31.5. The van der Waals surface area contributed by atoms with Crippen molar-refractivity contribution < 1.29 is 0 Å². The Balaban J connectivity index is 0.000000172. The lowest BCUT2D eigenvalue weighted by Gasteiger charge is -2.21. The first-order valence-corrected chi connectivity index (χ1v) is 31.5. The molecule has 0 saturated heterocycles. The van der Waals surface area contributed by atoms with Crippen molar-refractivity contribution in [3.05, 3.63) is 146 Å². The van der Waals surface area contributed by atoms with Crippen molar-refractivity contribution in [3.63, 3.8) is 0 Å². The van der Waals surface area contributed by atoms with Crippen LogP contribution < -0.4 is 0 Å². The molecule has 0 amide bonds. The third kappa shape index (κ3) is 12.9. The standard InChI is InChI=1S/C17H25N.4C15H22N2/c1-9-10(2)12(4)16-14(11(9)3)15(13(5)18-16)17(6,7)8;1-8-9(2)16-10(3)12-13(15(5,6)7)11(4)17-14(8)12;1-8-9(2)16-11(4)14-12(8)13(10(3)17-14)15(5,6)7;1-8-9(2)13-14(16-10(8)3)12(11(4)17-13)15(5,6)7;1-8-9(2)12-13(15(5,6)7)11(4)17-14(12)16-10(8)3/h18H,1-8H3;3*17H,1-7H3;1-7H3,(H,16,17). The highest BCUT2D eigenvalue weighted by Crippen LogP contribution is 2.42. The van der Waals surface area contributed by atoms with E-state index in [-0.39, 0.29) is 27.1 Å². The van der Waals surface area contributed by atoms with Gasteiger partial charge in [0.1, 0.15) is 5.65 Å². The minimum Gasteiger partial charge on any atom is -0.358 e. The lowest BCUT2D eigenvalue weighted by molar-refractivity contribution is 0.590. The minimum atomic E-state index is 0.128. The van der Waals surface area contributed by atoms with E-state index in [1.165, 1.54) is 156 Å². The van der Waals surface area contributed by atoms with E-state index in [0.29, 0.717) is 0 Å². The average molecular weight is 1160 g/mol. The number of hydrogen-bond acceptors (Lipinski definition) is 4. The highest BCUT2D eigenvalue weighted by Gasteiger charge is 2.29. The van der Waals surface area contributed by atoms with Crippen LogP contribution in [0.5, 0.6) is 0 Å². The molecule has 0 spiro atoms. The maximum Gasteiger partial charge on any atom is 0.138 e. The second-order valence-corrected chi connectivity index (χ2v) is 30.8. The molecule has 0 unspecified atom stereocenters. The molecule has 0 atom stereocenters. The molecule has 9 heterocycles. The minimum absolute atomic E-state index is 0.128. The number of fused-ring (bicyclic) bond motifs is 5. The zero-order chi connectivity index (χ0) is 65.6. The van der Waals surface area contributed by atoms with Crippen LogP contribution in [0.1, 0.15) is 250 Å². The Morgan fingerprint density at radius 1 is 0.209 bits per heavy atom. The molecule has 0 fully saturated rings. The van der Waals surface area contributed by atoms with Crippen molar-refractivity contribution in [2.75, 3.05) is 0 Å². The lowest BCUT2D eigenvalue weighted by atomic mass is 9.82. The van der Waals surface area contributed by atoms with E-state index in [4.69, 9.17) is 4.98 Å². The van der Waals surface area contributed by atoms with Crippen molar-refractivity contribution in [2.24, 2.45) is 0 Å². The van der Waals surface area contributed by atoms with Gasteiger partial charge in [0.05, 0.1) is 27.8 Å². The summed E-state index contributed by atoms with van der Waals surface area (Å²) in [5, 5.41) is 5.46. The highest BCUT2D eigenvalue weighted by molar-refractivity contribution is 5.94. The molecule has 0 bridgehead atoms. The van der Waals surface area contributed by atoms with Crippen molar-refractivity contribution >= 4 is 54.8 Å². The van der Waals surface area contributed by atoms with Gasteiger partial charge in [0, 0.05) is 89.6 Å². The van der Waals surface area contributed by atoms with Crippen LogP contribution in [0.3, 0.4) is 0 Å². The molecule has 0 saturated carbocycles. The second kappa shape index (κ2) is 23.9. The molecule has 1 aromatic carbocycles. The Kier molecular flexibility index (Phi) is 19.1. The first-order chi connectivity index (χ1) is 39.1. The van der Waals surface area contributed by atoms with E-state index in [1.54, 1.807) is 0 Å². The number of H-pyrrole nitrogens is 5. The summed E-state index contributed by atoms with van der Waals surface area (Å²) in [5.74, 6) is 0. The van der Waals surface area contributed by atoms with Gasteiger partial charge in [0.2, 0.25) is 0 Å². The summed E-state index contributed by atoms with van der Waals surface area (Å²) in [5.41, 5.74) is 41.6. The van der Waals surface area contributed by atoms with E-state index in [0.717, 1.165) is 45.3 Å². The van der Waals surface area contributed by atoms with Crippen LogP contribution in [0.4, 0.5) is 0 Å². The number of nitrogens with one attached hydrogen (secondary N) is 5. The van der Waals surface area contributed by atoms with Gasteiger partial charge < -0.3 is 24.9 Å². The lowest BCUT2D eigenvalue weighted by Crippen LogP contribution is -2.12. The van der Waals surface area contributed by atoms with Gasteiger partial charge in [0.25, 0.3) is 0 Å². The summed E-state index contributed by atoms with van der Waals surface area (Å²) in [6.07, 6.45) is 0. The van der Waals surface area contributed by atoms with Gasteiger partial charge in [-0.1, -0.05) is 104 Å². The molecule has 86 heavy (non-hydrogen) atoms. The SMILES string of the molecule is Cc1[nH]c2c(C)c(C)c(C)c(C)c2c1C(C)(C)C.Cc1nc(C)c2[nH]c(C)c(C(C)(C)C)c2c1C.Cc1nc(C)c2c(C(C)(C)C)c(C)[nH]c2c1C.Cc1nc2[nH]c(C)c(C(C)(C)C)c2c(C)c1C.Cc1nc2c(C(C)(C)C)c(C)[nH]c2c(C)c1C. The van der Waals surface area contributed by atoms with Crippen LogP contribution in [0, 0.1) is 145 Å². The number of nitrogens with zero attached hydrogens (tertiary/aromatic N) is 4. The van der Waals surface area contributed by atoms with Crippen molar-refractivity contribution in [1.82, 2.24) is 44.9 Å². The predicted molar refractivity (Wildman–Crippen MR) is 376 cm³/mol. The number of rotatable bonds is 0. The maximum absolute atomic E-state index is 4.79. The Morgan fingerprint density at radius 3 is 0.988 bits per heavy atom. The second-order valence-electron chi connectivity index (χ2n) is 30.8. The monoisotopic (exact) mass is 1160 g/mol. The Labute approximate surface area is 519 Å². The first kappa shape index (κ1) is 68.6. The van der Waals surface area contributed by atoms with Gasteiger partial charge in [-0.05, 0) is 250 Å². The predicted octanol–water partition coefficient (Wildman–Crippen LogP) is 21.4. The number of aromatic amines is 5. The highest BCUT2D eigenvalue weighted by atomic mass is 14.9. The van der Waals surface area contributed by atoms with E-state index in [9.17, 15) is 0 Å².